The Kier molecular flexibility index (Phi) is 5.17. The third-order valence-corrected chi connectivity index (χ3v) is 4.74. The van der Waals surface area contributed by atoms with Crippen LogP contribution in [-0.2, 0) is 0 Å². The third kappa shape index (κ3) is 4.09. The molecule has 3 aromatic rings. The Morgan fingerprint density at radius 2 is 1.50 bits per heavy atom. The van der Waals surface area contributed by atoms with E-state index in [4.69, 9.17) is 0 Å². The van der Waals surface area contributed by atoms with Crippen molar-refractivity contribution in [1.29, 1.82) is 0 Å². The van der Waals surface area contributed by atoms with E-state index in [9.17, 15) is 0 Å². The lowest BCUT2D eigenvalue weighted by Crippen LogP contribution is -1.72. The molecule has 0 spiro atoms. The molecule has 0 amide bonds. The van der Waals surface area contributed by atoms with Gasteiger partial charge in [-0.3, -0.25) is 0 Å². The van der Waals surface area contributed by atoms with Crippen LogP contribution in [0.25, 0.3) is 10.4 Å². The van der Waals surface area contributed by atoms with Crippen LogP contribution in [0.1, 0.15) is 5.56 Å². The Hall–Kier alpha value is -0.900. The molecule has 0 saturated heterocycles. The molecule has 0 aliphatic heterocycles. The maximum Gasteiger partial charge on any atom is 0.0698 e. The first kappa shape index (κ1) is 13.5. The Morgan fingerprint density at radius 1 is 0.833 bits per heavy atom. The minimum atomic E-state index is 1.20. The molecular formula is C15H13BrS2. The molecule has 3 heteroatoms. The standard InChI is InChI=1S/C11H10S.C4H3BrS/c1-9-4-6-10(7-5-9)11-3-2-8-12-11;5-4-2-1-3-6-4/h2-8H,1H3;1-3H. The fraction of sp³-hybridized carbons (Fsp3) is 0.0667. The van der Waals surface area contributed by atoms with Crippen LogP contribution in [0.4, 0.5) is 0 Å². The molecule has 0 aliphatic rings. The van der Waals surface area contributed by atoms with Crippen LogP contribution in [0.2, 0.25) is 0 Å². The minimum Gasteiger partial charge on any atom is -0.144 e. The summed E-state index contributed by atoms with van der Waals surface area (Å²) in [7, 11) is 0. The Balaban J connectivity index is 0.000000169. The van der Waals surface area contributed by atoms with E-state index < -0.39 is 0 Å². The number of thiophene rings is 2. The molecule has 0 unspecified atom stereocenters. The Bertz CT molecular complexity index is 551. The summed E-state index contributed by atoms with van der Waals surface area (Å²) in [4.78, 5) is 1.34. The second-order valence-corrected chi connectivity index (χ2v) is 7.04. The molecule has 0 atom stereocenters. The highest BCUT2D eigenvalue weighted by Gasteiger charge is 1.95. The summed E-state index contributed by atoms with van der Waals surface area (Å²) in [6.07, 6.45) is 0. The second kappa shape index (κ2) is 6.88. The highest BCUT2D eigenvalue weighted by Crippen LogP contribution is 2.24. The molecule has 0 aliphatic carbocycles. The lowest BCUT2D eigenvalue weighted by molar-refractivity contribution is 1.48. The topological polar surface area (TPSA) is 0 Å². The van der Waals surface area contributed by atoms with Crippen molar-refractivity contribution in [3.8, 4) is 10.4 Å². The number of hydrogen-bond donors (Lipinski definition) is 0. The fourth-order valence-corrected chi connectivity index (χ4v) is 3.07. The van der Waals surface area contributed by atoms with Gasteiger partial charge in [-0.05, 0) is 51.3 Å². The molecule has 0 radical (unpaired) electrons. The minimum absolute atomic E-state index is 1.20. The summed E-state index contributed by atoms with van der Waals surface area (Å²) in [6.45, 7) is 2.11. The van der Waals surface area contributed by atoms with Crippen molar-refractivity contribution in [1.82, 2.24) is 0 Å². The summed E-state index contributed by atoms with van der Waals surface area (Å²) >= 11 is 6.78. The van der Waals surface area contributed by atoms with E-state index in [2.05, 4.69) is 64.6 Å². The van der Waals surface area contributed by atoms with Crippen LogP contribution in [0.15, 0.2) is 63.1 Å². The van der Waals surface area contributed by atoms with E-state index in [1.54, 1.807) is 22.7 Å². The van der Waals surface area contributed by atoms with Crippen LogP contribution >= 0.6 is 38.6 Å². The number of rotatable bonds is 1. The van der Waals surface area contributed by atoms with Crippen molar-refractivity contribution in [2.24, 2.45) is 0 Å². The SMILES string of the molecule is Brc1cccs1.Cc1ccc(-c2cccs2)cc1. The fourth-order valence-electron chi connectivity index (χ4n) is 1.42. The molecule has 0 nitrogen and oxygen atoms in total. The van der Waals surface area contributed by atoms with Gasteiger partial charge in [0.1, 0.15) is 0 Å². The van der Waals surface area contributed by atoms with E-state index in [-0.39, 0.29) is 0 Å². The van der Waals surface area contributed by atoms with Crippen molar-refractivity contribution in [3.63, 3.8) is 0 Å². The largest absolute Gasteiger partial charge is 0.144 e. The molecule has 0 fully saturated rings. The summed E-state index contributed by atoms with van der Waals surface area (Å²) in [6, 6.07) is 16.9. The molecule has 0 bridgehead atoms. The molecular weight excluding hydrogens is 324 g/mol. The van der Waals surface area contributed by atoms with Crippen molar-refractivity contribution >= 4 is 38.6 Å². The lowest BCUT2D eigenvalue weighted by Gasteiger charge is -1.96. The van der Waals surface area contributed by atoms with Crippen LogP contribution in [0, 0.1) is 6.92 Å². The van der Waals surface area contributed by atoms with Crippen LogP contribution in [0.3, 0.4) is 0 Å². The average molecular weight is 337 g/mol. The predicted octanol–water partition coefficient (Wildman–Crippen LogP) is 6.23. The van der Waals surface area contributed by atoms with E-state index in [0.717, 1.165) is 0 Å². The van der Waals surface area contributed by atoms with Crippen molar-refractivity contribution < 1.29 is 0 Å². The molecule has 2 heterocycles. The van der Waals surface area contributed by atoms with Crippen molar-refractivity contribution in [2.45, 2.75) is 6.92 Å². The van der Waals surface area contributed by atoms with Crippen LogP contribution < -0.4 is 0 Å². The summed E-state index contributed by atoms with van der Waals surface area (Å²) < 4.78 is 1.20. The van der Waals surface area contributed by atoms with Gasteiger partial charge in [0.25, 0.3) is 0 Å². The Labute approximate surface area is 124 Å². The van der Waals surface area contributed by atoms with Gasteiger partial charge in [-0.25, -0.2) is 0 Å². The molecule has 3 rings (SSSR count). The first-order chi connectivity index (χ1) is 8.75. The van der Waals surface area contributed by atoms with Crippen molar-refractivity contribution in [2.75, 3.05) is 0 Å². The smallest absolute Gasteiger partial charge is 0.0698 e. The van der Waals surface area contributed by atoms with Gasteiger partial charge in [0.15, 0.2) is 0 Å². The number of aryl methyl sites for hydroxylation is 1. The van der Waals surface area contributed by atoms with E-state index in [1.807, 2.05) is 17.5 Å². The molecule has 0 saturated carbocycles. The molecule has 0 N–H and O–H groups in total. The average Bonchev–Trinajstić information content (AvgIpc) is 3.03. The van der Waals surface area contributed by atoms with Gasteiger partial charge < -0.3 is 0 Å². The summed E-state index contributed by atoms with van der Waals surface area (Å²) in [5.41, 5.74) is 2.63. The lowest BCUT2D eigenvalue weighted by atomic mass is 10.1. The third-order valence-electron chi connectivity index (χ3n) is 2.34. The first-order valence-corrected chi connectivity index (χ1v) is 8.10. The molecule has 18 heavy (non-hydrogen) atoms. The zero-order chi connectivity index (χ0) is 12.8. The second-order valence-electron chi connectivity index (χ2n) is 3.76. The predicted molar refractivity (Wildman–Crippen MR) is 86.5 cm³/mol. The van der Waals surface area contributed by atoms with E-state index >= 15 is 0 Å². The summed E-state index contributed by atoms with van der Waals surface area (Å²) in [5, 5.41) is 4.14. The maximum absolute atomic E-state index is 3.30. The maximum atomic E-state index is 3.30. The van der Waals surface area contributed by atoms with Gasteiger partial charge in [0.2, 0.25) is 0 Å². The highest BCUT2D eigenvalue weighted by atomic mass is 79.9. The van der Waals surface area contributed by atoms with Gasteiger partial charge in [-0.2, -0.15) is 0 Å². The molecule has 92 valence electrons. The molecule has 2 aromatic heterocycles. The number of halogens is 1. The van der Waals surface area contributed by atoms with Crippen molar-refractivity contribution in [3.05, 3.63) is 68.6 Å². The van der Waals surface area contributed by atoms with Crippen LogP contribution in [0.5, 0.6) is 0 Å². The van der Waals surface area contributed by atoms with Gasteiger partial charge in [-0.1, -0.05) is 42.0 Å². The Morgan fingerprint density at radius 3 is 1.94 bits per heavy atom. The molecule has 1 aromatic carbocycles. The quantitative estimate of drug-likeness (QED) is 0.493. The van der Waals surface area contributed by atoms with Gasteiger partial charge in [0.05, 0.1) is 3.79 Å². The monoisotopic (exact) mass is 336 g/mol. The first-order valence-electron chi connectivity index (χ1n) is 5.55. The summed E-state index contributed by atoms with van der Waals surface area (Å²) in [5.74, 6) is 0. The highest BCUT2D eigenvalue weighted by molar-refractivity contribution is 9.11. The normalized spacial score (nSPS) is 9.67. The number of hydrogen-bond acceptors (Lipinski definition) is 2. The van der Waals surface area contributed by atoms with Gasteiger partial charge >= 0.3 is 0 Å². The van der Waals surface area contributed by atoms with Gasteiger partial charge in [0, 0.05) is 4.88 Å². The van der Waals surface area contributed by atoms with E-state index in [1.165, 1.54) is 19.8 Å². The zero-order valence-electron chi connectivity index (χ0n) is 9.97. The van der Waals surface area contributed by atoms with Gasteiger partial charge in [-0.15, -0.1) is 22.7 Å². The number of benzene rings is 1. The van der Waals surface area contributed by atoms with Crippen LogP contribution in [-0.4, -0.2) is 0 Å². The van der Waals surface area contributed by atoms with E-state index in [0.29, 0.717) is 0 Å². The zero-order valence-corrected chi connectivity index (χ0v) is 13.2.